The smallest absolute Gasteiger partial charge is 0.337 e. The molecule has 1 aromatic carbocycles. The van der Waals surface area contributed by atoms with Gasteiger partial charge in [0.15, 0.2) is 0 Å². The number of hydrogen-bond donors (Lipinski definition) is 2. The topological polar surface area (TPSA) is 44.4 Å². The number of alkyl halides is 3. The average molecular weight is 315 g/mol. The molecule has 2 amide bonds. The number of rotatable bonds is 4. The van der Waals surface area contributed by atoms with Gasteiger partial charge < -0.3 is 15.5 Å². The van der Waals surface area contributed by atoms with E-state index in [1.54, 1.807) is 0 Å². The van der Waals surface area contributed by atoms with Gasteiger partial charge in [0.05, 0.1) is 5.56 Å². The second-order valence-electron chi connectivity index (χ2n) is 5.46. The Hall–Kier alpha value is -1.76. The van der Waals surface area contributed by atoms with Gasteiger partial charge in [-0.25, -0.2) is 4.79 Å². The number of benzene rings is 1. The summed E-state index contributed by atoms with van der Waals surface area (Å²) in [6, 6.07) is 3.28. The van der Waals surface area contributed by atoms with Crippen molar-refractivity contribution in [2.24, 2.45) is 0 Å². The summed E-state index contributed by atoms with van der Waals surface area (Å²) in [5, 5.41) is 5.10. The third kappa shape index (κ3) is 4.62. The van der Waals surface area contributed by atoms with Crippen LogP contribution in [0.15, 0.2) is 18.2 Å². The maximum atomic E-state index is 12.8. The predicted molar refractivity (Wildman–Crippen MR) is 78.9 cm³/mol. The molecule has 1 saturated heterocycles. The molecular formula is C15H20F3N3O. The lowest BCUT2D eigenvalue weighted by Crippen LogP contribution is -2.36. The van der Waals surface area contributed by atoms with E-state index in [-0.39, 0.29) is 11.3 Å². The molecule has 122 valence electrons. The van der Waals surface area contributed by atoms with Crippen molar-refractivity contribution in [2.75, 3.05) is 31.5 Å². The third-order valence-corrected chi connectivity index (χ3v) is 3.71. The van der Waals surface area contributed by atoms with E-state index in [9.17, 15) is 18.0 Å². The van der Waals surface area contributed by atoms with Crippen molar-refractivity contribution in [3.8, 4) is 0 Å². The number of halogens is 3. The number of nitrogens with one attached hydrogen (secondary N) is 2. The van der Waals surface area contributed by atoms with Crippen molar-refractivity contribution in [2.45, 2.75) is 25.9 Å². The van der Waals surface area contributed by atoms with Gasteiger partial charge in [0.1, 0.15) is 0 Å². The highest BCUT2D eigenvalue weighted by Crippen LogP contribution is 2.33. The van der Waals surface area contributed by atoms with Crippen LogP contribution in [0.2, 0.25) is 0 Å². The number of carbonyl (C=O) groups is 1. The van der Waals surface area contributed by atoms with Gasteiger partial charge in [-0.2, -0.15) is 13.2 Å². The summed E-state index contributed by atoms with van der Waals surface area (Å²) in [5.74, 6) is 0. The van der Waals surface area contributed by atoms with E-state index in [1.165, 1.54) is 31.9 Å². The molecule has 0 saturated carbocycles. The third-order valence-electron chi connectivity index (χ3n) is 3.71. The molecule has 1 fully saturated rings. The van der Waals surface area contributed by atoms with Gasteiger partial charge in [0.25, 0.3) is 0 Å². The fourth-order valence-corrected chi connectivity index (χ4v) is 2.51. The number of likely N-dealkylation sites (tertiary alicyclic amines) is 1. The summed E-state index contributed by atoms with van der Waals surface area (Å²) in [4.78, 5) is 14.0. The SMILES string of the molecule is Cc1ccc(NC(=O)NCCN2CCCC2)cc1C(F)(F)F. The van der Waals surface area contributed by atoms with Crippen molar-refractivity contribution in [3.63, 3.8) is 0 Å². The molecule has 1 aromatic rings. The zero-order valence-electron chi connectivity index (χ0n) is 12.5. The molecule has 0 radical (unpaired) electrons. The Balaban J connectivity index is 1.85. The van der Waals surface area contributed by atoms with Crippen molar-refractivity contribution in [3.05, 3.63) is 29.3 Å². The van der Waals surface area contributed by atoms with E-state index >= 15 is 0 Å². The monoisotopic (exact) mass is 315 g/mol. The number of anilines is 1. The second-order valence-corrected chi connectivity index (χ2v) is 5.46. The van der Waals surface area contributed by atoms with E-state index in [0.29, 0.717) is 6.54 Å². The lowest BCUT2D eigenvalue weighted by Gasteiger charge is -2.16. The molecule has 0 unspecified atom stereocenters. The fraction of sp³-hybridized carbons (Fsp3) is 0.533. The minimum absolute atomic E-state index is 0.132. The first kappa shape index (κ1) is 16.6. The van der Waals surface area contributed by atoms with Gasteiger partial charge in [-0.05, 0) is 50.6 Å². The highest BCUT2D eigenvalue weighted by atomic mass is 19.4. The average Bonchev–Trinajstić information content (AvgIpc) is 2.93. The Labute approximate surface area is 127 Å². The normalized spacial score (nSPS) is 15.8. The number of carbonyl (C=O) groups excluding carboxylic acids is 1. The van der Waals surface area contributed by atoms with Crippen LogP contribution in [0, 0.1) is 6.92 Å². The van der Waals surface area contributed by atoms with Crippen LogP contribution in [-0.4, -0.2) is 37.1 Å². The Bertz CT molecular complexity index is 525. The van der Waals surface area contributed by atoms with Crippen molar-refractivity contribution in [1.82, 2.24) is 10.2 Å². The van der Waals surface area contributed by atoms with E-state index in [4.69, 9.17) is 0 Å². The molecule has 0 aromatic heterocycles. The molecule has 4 nitrogen and oxygen atoms in total. The molecule has 0 bridgehead atoms. The molecule has 0 spiro atoms. The van der Waals surface area contributed by atoms with Crippen LogP contribution in [0.4, 0.5) is 23.7 Å². The van der Waals surface area contributed by atoms with Gasteiger partial charge in [-0.15, -0.1) is 0 Å². The molecule has 1 heterocycles. The molecular weight excluding hydrogens is 295 g/mol. The molecule has 2 N–H and O–H groups in total. The Morgan fingerprint density at radius 1 is 1.27 bits per heavy atom. The Morgan fingerprint density at radius 3 is 2.59 bits per heavy atom. The van der Waals surface area contributed by atoms with Crippen molar-refractivity contribution < 1.29 is 18.0 Å². The number of urea groups is 1. The number of hydrogen-bond acceptors (Lipinski definition) is 2. The molecule has 7 heteroatoms. The Kier molecular flexibility index (Phi) is 5.28. The summed E-state index contributed by atoms with van der Waals surface area (Å²) in [6.45, 7) is 4.70. The molecule has 1 aliphatic rings. The quantitative estimate of drug-likeness (QED) is 0.896. The Morgan fingerprint density at radius 2 is 1.95 bits per heavy atom. The highest BCUT2D eigenvalue weighted by molar-refractivity contribution is 5.89. The first-order chi connectivity index (χ1) is 10.4. The van der Waals surface area contributed by atoms with Crippen LogP contribution in [0.3, 0.4) is 0 Å². The van der Waals surface area contributed by atoms with Gasteiger partial charge in [0, 0.05) is 18.8 Å². The van der Waals surface area contributed by atoms with Crippen LogP contribution in [0.5, 0.6) is 0 Å². The minimum atomic E-state index is -4.42. The lowest BCUT2D eigenvalue weighted by atomic mass is 10.1. The summed E-state index contributed by atoms with van der Waals surface area (Å²) in [7, 11) is 0. The maximum absolute atomic E-state index is 12.8. The van der Waals surface area contributed by atoms with E-state index in [1.807, 2.05) is 0 Å². The molecule has 1 aliphatic heterocycles. The molecule has 0 aliphatic carbocycles. The van der Waals surface area contributed by atoms with Crippen LogP contribution >= 0.6 is 0 Å². The second kappa shape index (κ2) is 7.00. The largest absolute Gasteiger partial charge is 0.416 e. The maximum Gasteiger partial charge on any atom is 0.416 e. The number of amides is 2. The minimum Gasteiger partial charge on any atom is -0.337 e. The van der Waals surface area contributed by atoms with E-state index < -0.39 is 17.8 Å². The number of aryl methyl sites for hydroxylation is 1. The van der Waals surface area contributed by atoms with Gasteiger partial charge >= 0.3 is 12.2 Å². The summed E-state index contributed by atoms with van der Waals surface area (Å²) in [6.07, 6.45) is -2.07. The van der Waals surface area contributed by atoms with E-state index in [2.05, 4.69) is 15.5 Å². The van der Waals surface area contributed by atoms with Crippen LogP contribution < -0.4 is 10.6 Å². The number of nitrogens with zero attached hydrogens (tertiary/aromatic N) is 1. The molecule has 22 heavy (non-hydrogen) atoms. The van der Waals surface area contributed by atoms with Gasteiger partial charge in [0.2, 0.25) is 0 Å². The zero-order chi connectivity index (χ0) is 16.2. The summed E-state index contributed by atoms with van der Waals surface area (Å²) in [5.41, 5.74) is -0.466. The van der Waals surface area contributed by atoms with Crippen molar-refractivity contribution in [1.29, 1.82) is 0 Å². The predicted octanol–water partition coefficient (Wildman–Crippen LogP) is 3.23. The van der Waals surface area contributed by atoms with E-state index in [0.717, 1.165) is 25.7 Å². The first-order valence-corrected chi connectivity index (χ1v) is 7.31. The van der Waals surface area contributed by atoms with Crippen LogP contribution in [-0.2, 0) is 6.18 Å². The zero-order valence-corrected chi connectivity index (χ0v) is 12.5. The first-order valence-electron chi connectivity index (χ1n) is 7.31. The standard InChI is InChI=1S/C15H20F3N3O/c1-11-4-5-12(10-13(11)15(16,17)18)20-14(22)19-6-9-21-7-2-3-8-21/h4-5,10H,2-3,6-9H2,1H3,(H2,19,20,22). The van der Waals surface area contributed by atoms with Gasteiger partial charge in [-0.1, -0.05) is 6.07 Å². The van der Waals surface area contributed by atoms with Gasteiger partial charge in [-0.3, -0.25) is 0 Å². The molecule has 0 atom stereocenters. The fourth-order valence-electron chi connectivity index (χ4n) is 2.51. The van der Waals surface area contributed by atoms with Crippen molar-refractivity contribution >= 4 is 11.7 Å². The molecule has 2 rings (SSSR count). The lowest BCUT2D eigenvalue weighted by molar-refractivity contribution is -0.138. The highest BCUT2D eigenvalue weighted by Gasteiger charge is 2.32. The van der Waals surface area contributed by atoms with Crippen LogP contribution in [0.1, 0.15) is 24.0 Å². The summed E-state index contributed by atoms with van der Waals surface area (Å²) < 4.78 is 38.4. The van der Waals surface area contributed by atoms with Crippen LogP contribution in [0.25, 0.3) is 0 Å². The summed E-state index contributed by atoms with van der Waals surface area (Å²) >= 11 is 0.